The molecule has 0 saturated carbocycles. The fraction of sp³-hybridized carbons (Fsp3) is 0.500. The Bertz CT molecular complexity index is 654. The summed E-state index contributed by atoms with van der Waals surface area (Å²) in [6.07, 6.45) is 4.68. The van der Waals surface area contributed by atoms with Crippen molar-refractivity contribution in [2.75, 3.05) is 37.5 Å². The standard InChI is InChI=1S/C16H22N6O/c1-11-20-14(13-4-5-23-10-13)6-15(21-11)22(3)9-12-7-18-16(17-2)19-8-12/h6-8,13H,4-5,9-10H2,1-3H3,(H,17,18,19)/t13-/m1/s1. The van der Waals surface area contributed by atoms with Crippen LogP contribution in [-0.4, -0.2) is 47.2 Å². The molecule has 23 heavy (non-hydrogen) atoms. The van der Waals surface area contributed by atoms with Crippen molar-refractivity contribution >= 4 is 11.8 Å². The van der Waals surface area contributed by atoms with Crippen molar-refractivity contribution in [2.45, 2.75) is 25.8 Å². The summed E-state index contributed by atoms with van der Waals surface area (Å²) in [5, 5.41) is 2.92. The molecule has 1 fully saturated rings. The number of rotatable bonds is 5. The fourth-order valence-electron chi connectivity index (χ4n) is 2.67. The molecule has 0 bridgehead atoms. The zero-order valence-corrected chi connectivity index (χ0v) is 13.8. The van der Waals surface area contributed by atoms with Gasteiger partial charge in [-0.1, -0.05) is 0 Å². The molecule has 7 nitrogen and oxygen atoms in total. The van der Waals surface area contributed by atoms with Crippen LogP contribution in [0.15, 0.2) is 18.5 Å². The van der Waals surface area contributed by atoms with Gasteiger partial charge >= 0.3 is 0 Å². The molecule has 1 aliphatic rings. The van der Waals surface area contributed by atoms with Crippen molar-refractivity contribution < 1.29 is 4.74 Å². The maximum atomic E-state index is 5.47. The van der Waals surface area contributed by atoms with Crippen LogP contribution in [0.2, 0.25) is 0 Å². The van der Waals surface area contributed by atoms with Crippen molar-refractivity contribution in [1.29, 1.82) is 0 Å². The lowest BCUT2D eigenvalue weighted by Gasteiger charge is -2.20. The summed E-state index contributed by atoms with van der Waals surface area (Å²) in [4.78, 5) is 19.7. The van der Waals surface area contributed by atoms with E-state index in [-0.39, 0.29) is 0 Å². The van der Waals surface area contributed by atoms with E-state index in [4.69, 9.17) is 4.74 Å². The molecule has 3 rings (SSSR count). The van der Waals surface area contributed by atoms with Gasteiger partial charge in [-0.25, -0.2) is 19.9 Å². The van der Waals surface area contributed by atoms with Gasteiger partial charge in [0.15, 0.2) is 0 Å². The van der Waals surface area contributed by atoms with E-state index >= 15 is 0 Å². The summed E-state index contributed by atoms with van der Waals surface area (Å²) in [6, 6.07) is 2.06. The number of ether oxygens (including phenoxy) is 1. The zero-order chi connectivity index (χ0) is 16.2. The van der Waals surface area contributed by atoms with Crippen LogP contribution >= 0.6 is 0 Å². The molecule has 1 saturated heterocycles. The monoisotopic (exact) mass is 314 g/mol. The third-order valence-electron chi connectivity index (χ3n) is 3.93. The number of anilines is 2. The summed E-state index contributed by atoms with van der Waals surface area (Å²) < 4.78 is 5.47. The Morgan fingerprint density at radius 3 is 2.74 bits per heavy atom. The molecular weight excluding hydrogens is 292 g/mol. The van der Waals surface area contributed by atoms with Crippen molar-refractivity contribution in [3.05, 3.63) is 35.5 Å². The molecule has 0 aromatic carbocycles. The minimum absolute atomic E-state index is 0.377. The molecule has 0 spiro atoms. The number of aryl methyl sites for hydroxylation is 1. The highest BCUT2D eigenvalue weighted by atomic mass is 16.5. The molecular formula is C16H22N6O. The first-order valence-electron chi connectivity index (χ1n) is 7.79. The molecule has 0 amide bonds. The summed E-state index contributed by atoms with van der Waals surface area (Å²) in [5.41, 5.74) is 2.10. The van der Waals surface area contributed by atoms with Gasteiger partial charge < -0.3 is 15.0 Å². The minimum Gasteiger partial charge on any atom is -0.381 e. The molecule has 1 N–H and O–H groups in total. The first kappa shape index (κ1) is 15.6. The van der Waals surface area contributed by atoms with Crippen LogP contribution in [0.5, 0.6) is 0 Å². The molecule has 2 aromatic heterocycles. The molecule has 0 aliphatic carbocycles. The van der Waals surface area contributed by atoms with Gasteiger partial charge in [0.05, 0.1) is 12.3 Å². The topological polar surface area (TPSA) is 76.1 Å². The quantitative estimate of drug-likeness (QED) is 0.901. The van der Waals surface area contributed by atoms with Crippen molar-refractivity contribution in [2.24, 2.45) is 0 Å². The number of aromatic nitrogens is 4. The molecule has 0 radical (unpaired) electrons. The number of nitrogens with zero attached hydrogens (tertiary/aromatic N) is 5. The van der Waals surface area contributed by atoms with E-state index in [1.807, 2.05) is 26.4 Å². The highest BCUT2D eigenvalue weighted by molar-refractivity contribution is 5.41. The van der Waals surface area contributed by atoms with Gasteiger partial charge in [0.1, 0.15) is 11.6 Å². The smallest absolute Gasteiger partial charge is 0.222 e. The Kier molecular flexibility index (Phi) is 4.66. The number of nitrogens with one attached hydrogen (secondary N) is 1. The van der Waals surface area contributed by atoms with Crippen molar-refractivity contribution in [1.82, 2.24) is 19.9 Å². The highest BCUT2D eigenvalue weighted by Crippen LogP contribution is 2.26. The van der Waals surface area contributed by atoms with E-state index in [1.54, 1.807) is 7.05 Å². The summed E-state index contributed by atoms with van der Waals surface area (Å²) >= 11 is 0. The largest absolute Gasteiger partial charge is 0.381 e. The van der Waals surface area contributed by atoms with Gasteiger partial charge in [0.2, 0.25) is 5.95 Å². The molecule has 0 unspecified atom stereocenters. The number of hydrogen-bond acceptors (Lipinski definition) is 7. The number of hydrogen-bond donors (Lipinski definition) is 1. The van der Waals surface area contributed by atoms with Crippen LogP contribution in [0.4, 0.5) is 11.8 Å². The maximum absolute atomic E-state index is 5.47. The van der Waals surface area contributed by atoms with Gasteiger partial charge in [-0.3, -0.25) is 0 Å². The first-order chi connectivity index (χ1) is 11.2. The van der Waals surface area contributed by atoms with Gasteiger partial charge in [-0.15, -0.1) is 0 Å². The van der Waals surface area contributed by atoms with E-state index < -0.39 is 0 Å². The van der Waals surface area contributed by atoms with Crippen molar-refractivity contribution in [3.8, 4) is 0 Å². The Morgan fingerprint density at radius 2 is 2.09 bits per heavy atom. The Morgan fingerprint density at radius 1 is 1.30 bits per heavy atom. The van der Waals surface area contributed by atoms with Crippen LogP contribution in [0, 0.1) is 6.92 Å². The van der Waals surface area contributed by atoms with Crippen LogP contribution in [0.25, 0.3) is 0 Å². The molecule has 1 aliphatic heterocycles. The lowest BCUT2D eigenvalue weighted by atomic mass is 10.0. The Hall–Kier alpha value is -2.28. The van der Waals surface area contributed by atoms with E-state index in [2.05, 4.69) is 36.2 Å². The summed E-state index contributed by atoms with van der Waals surface area (Å²) in [6.45, 7) is 4.19. The Labute approximate surface area is 136 Å². The molecule has 3 heterocycles. The van der Waals surface area contributed by atoms with Crippen LogP contribution in [0.3, 0.4) is 0 Å². The highest BCUT2D eigenvalue weighted by Gasteiger charge is 2.21. The minimum atomic E-state index is 0.377. The SMILES string of the molecule is CNc1ncc(CN(C)c2cc([C@@H]3CCOC3)nc(C)n2)cn1. The van der Waals surface area contributed by atoms with Gasteiger partial charge in [0.25, 0.3) is 0 Å². The van der Waals surface area contributed by atoms with E-state index in [0.29, 0.717) is 18.4 Å². The second-order valence-electron chi connectivity index (χ2n) is 5.78. The van der Waals surface area contributed by atoms with Crippen LogP contribution in [-0.2, 0) is 11.3 Å². The first-order valence-corrected chi connectivity index (χ1v) is 7.79. The normalized spacial score (nSPS) is 17.3. The summed E-state index contributed by atoms with van der Waals surface area (Å²) in [7, 11) is 3.82. The molecule has 7 heteroatoms. The summed E-state index contributed by atoms with van der Waals surface area (Å²) in [5.74, 6) is 2.70. The Balaban J connectivity index is 1.76. The predicted octanol–water partition coefficient (Wildman–Crippen LogP) is 1.76. The zero-order valence-electron chi connectivity index (χ0n) is 13.8. The van der Waals surface area contributed by atoms with Crippen molar-refractivity contribution in [3.63, 3.8) is 0 Å². The second-order valence-corrected chi connectivity index (χ2v) is 5.78. The van der Waals surface area contributed by atoms with Crippen LogP contribution in [0.1, 0.15) is 29.4 Å². The molecule has 2 aromatic rings. The van der Waals surface area contributed by atoms with Gasteiger partial charge in [0, 0.05) is 57.2 Å². The van der Waals surface area contributed by atoms with Crippen LogP contribution < -0.4 is 10.2 Å². The predicted molar refractivity (Wildman–Crippen MR) is 88.6 cm³/mol. The molecule has 122 valence electrons. The van der Waals surface area contributed by atoms with Gasteiger partial charge in [-0.05, 0) is 13.3 Å². The van der Waals surface area contributed by atoms with E-state index in [9.17, 15) is 0 Å². The molecule has 1 atom stereocenters. The van der Waals surface area contributed by atoms with Gasteiger partial charge in [-0.2, -0.15) is 0 Å². The lowest BCUT2D eigenvalue weighted by Crippen LogP contribution is -2.19. The fourth-order valence-corrected chi connectivity index (χ4v) is 2.67. The maximum Gasteiger partial charge on any atom is 0.222 e. The third-order valence-corrected chi connectivity index (χ3v) is 3.93. The lowest BCUT2D eigenvalue weighted by molar-refractivity contribution is 0.193. The van der Waals surface area contributed by atoms with E-state index in [0.717, 1.165) is 42.5 Å². The third kappa shape index (κ3) is 3.73. The average molecular weight is 314 g/mol. The van der Waals surface area contributed by atoms with E-state index in [1.165, 1.54) is 0 Å². The second kappa shape index (κ2) is 6.87. The average Bonchev–Trinajstić information content (AvgIpc) is 3.09.